The summed E-state index contributed by atoms with van der Waals surface area (Å²) in [7, 11) is 0. The zero-order valence-electron chi connectivity index (χ0n) is 16.2. The van der Waals surface area contributed by atoms with E-state index in [9.17, 15) is 19.2 Å². The van der Waals surface area contributed by atoms with Crippen molar-refractivity contribution in [3.8, 4) is 5.75 Å². The number of esters is 1. The van der Waals surface area contributed by atoms with E-state index in [0.717, 1.165) is 5.56 Å². The first-order valence-corrected chi connectivity index (χ1v) is 9.31. The Labute approximate surface area is 172 Å². The minimum atomic E-state index is -1.22. The fraction of sp³-hybridized carbons (Fsp3) is 0.238. The highest BCUT2D eigenvalue weighted by atomic mass is 16.6. The molecule has 3 N–H and O–H groups in total. The number of hydrogen-bond donors (Lipinski definition) is 3. The van der Waals surface area contributed by atoms with Crippen molar-refractivity contribution in [3.63, 3.8) is 0 Å². The lowest BCUT2D eigenvalue weighted by Gasteiger charge is -2.25. The molecule has 1 aliphatic rings. The molecule has 9 heteroatoms. The number of carbonyl (C=O) groups excluding carboxylic acids is 4. The van der Waals surface area contributed by atoms with Crippen molar-refractivity contribution in [2.24, 2.45) is 0 Å². The summed E-state index contributed by atoms with van der Waals surface area (Å²) in [6, 6.07) is 15.3. The van der Waals surface area contributed by atoms with Gasteiger partial charge in [0.05, 0.1) is 12.1 Å². The molecule has 2 aromatic rings. The van der Waals surface area contributed by atoms with Crippen molar-refractivity contribution < 1.29 is 28.7 Å². The number of amides is 4. The van der Waals surface area contributed by atoms with Gasteiger partial charge in [-0.05, 0) is 24.6 Å². The smallest absolute Gasteiger partial charge is 0.321 e. The Morgan fingerprint density at radius 3 is 2.57 bits per heavy atom. The molecule has 0 saturated carbocycles. The van der Waals surface area contributed by atoms with Crippen molar-refractivity contribution in [2.75, 3.05) is 5.32 Å². The molecular weight excluding hydrogens is 390 g/mol. The number of benzene rings is 2. The Morgan fingerprint density at radius 1 is 1.10 bits per heavy atom. The monoisotopic (exact) mass is 411 g/mol. The first-order chi connectivity index (χ1) is 14.4. The molecule has 0 fully saturated rings. The summed E-state index contributed by atoms with van der Waals surface area (Å²) < 4.78 is 10.5. The van der Waals surface area contributed by atoms with Crippen LogP contribution in [0.4, 0.5) is 10.5 Å². The average Bonchev–Trinajstić information content (AvgIpc) is 2.73. The summed E-state index contributed by atoms with van der Waals surface area (Å²) in [5.74, 6) is -1.63. The quantitative estimate of drug-likeness (QED) is 0.622. The maximum absolute atomic E-state index is 12.1. The van der Waals surface area contributed by atoms with Crippen LogP contribution in [-0.4, -0.2) is 36.0 Å². The van der Waals surface area contributed by atoms with Gasteiger partial charge in [-0.2, -0.15) is 0 Å². The number of hydrogen-bond acceptors (Lipinski definition) is 6. The Morgan fingerprint density at radius 2 is 1.80 bits per heavy atom. The predicted octanol–water partition coefficient (Wildman–Crippen LogP) is 1.73. The second-order valence-electron chi connectivity index (χ2n) is 6.59. The maximum atomic E-state index is 12.1. The maximum Gasteiger partial charge on any atom is 0.321 e. The van der Waals surface area contributed by atoms with Gasteiger partial charge in [0.15, 0.2) is 12.2 Å². The Kier molecular flexibility index (Phi) is 6.63. The van der Waals surface area contributed by atoms with Crippen LogP contribution in [0, 0.1) is 0 Å². The Hall–Kier alpha value is -3.88. The second kappa shape index (κ2) is 9.55. The fourth-order valence-corrected chi connectivity index (χ4v) is 2.71. The molecule has 2 aromatic carbocycles. The van der Waals surface area contributed by atoms with Crippen LogP contribution >= 0.6 is 0 Å². The molecule has 0 aromatic heterocycles. The van der Waals surface area contributed by atoms with E-state index in [2.05, 4.69) is 16.0 Å². The molecule has 0 unspecified atom stereocenters. The molecule has 0 aliphatic carbocycles. The van der Waals surface area contributed by atoms with E-state index in [4.69, 9.17) is 9.47 Å². The fourth-order valence-electron chi connectivity index (χ4n) is 2.71. The summed E-state index contributed by atoms with van der Waals surface area (Å²) in [6.07, 6.45) is -2.67. The molecule has 0 radical (unpaired) electrons. The third kappa shape index (κ3) is 5.57. The van der Waals surface area contributed by atoms with Gasteiger partial charge in [0, 0.05) is 6.54 Å². The first-order valence-electron chi connectivity index (χ1n) is 9.31. The van der Waals surface area contributed by atoms with Gasteiger partial charge < -0.3 is 20.1 Å². The molecule has 0 saturated heterocycles. The first kappa shape index (κ1) is 20.8. The lowest BCUT2D eigenvalue weighted by molar-refractivity contribution is -0.157. The Balaban J connectivity index is 1.44. The van der Waals surface area contributed by atoms with E-state index in [0.29, 0.717) is 11.4 Å². The molecule has 9 nitrogen and oxygen atoms in total. The van der Waals surface area contributed by atoms with Crippen molar-refractivity contribution in [2.45, 2.75) is 32.1 Å². The SMILES string of the molecule is C[C@@H](OC(=O)C[C@H]1Oc2ccccc2NC1=O)C(=O)NC(=O)NCc1ccccc1. The van der Waals surface area contributed by atoms with Crippen LogP contribution in [0.25, 0.3) is 0 Å². The number of para-hydroxylation sites is 2. The van der Waals surface area contributed by atoms with Gasteiger partial charge in [-0.3, -0.25) is 19.7 Å². The van der Waals surface area contributed by atoms with Crippen molar-refractivity contribution in [1.82, 2.24) is 10.6 Å². The summed E-state index contributed by atoms with van der Waals surface area (Å²) in [5, 5.41) is 7.28. The third-order valence-corrected chi connectivity index (χ3v) is 4.27. The molecule has 2 atom stereocenters. The van der Waals surface area contributed by atoms with Crippen LogP contribution < -0.4 is 20.7 Å². The number of rotatable bonds is 6. The largest absolute Gasteiger partial charge is 0.478 e. The molecule has 1 heterocycles. The van der Waals surface area contributed by atoms with Crippen LogP contribution in [0.2, 0.25) is 0 Å². The highest BCUT2D eigenvalue weighted by Gasteiger charge is 2.31. The van der Waals surface area contributed by atoms with E-state index in [1.54, 1.807) is 24.3 Å². The number of nitrogens with one attached hydrogen (secondary N) is 3. The highest BCUT2D eigenvalue weighted by Crippen LogP contribution is 2.29. The molecule has 0 spiro atoms. The van der Waals surface area contributed by atoms with Crippen LogP contribution in [0.3, 0.4) is 0 Å². The van der Waals surface area contributed by atoms with E-state index in [1.165, 1.54) is 6.92 Å². The van der Waals surface area contributed by atoms with E-state index in [1.807, 2.05) is 30.3 Å². The minimum absolute atomic E-state index is 0.240. The average molecular weight is 411 g/mol. The Bertz CT molecular complexity index is 947. The van der Waals surface area contributed by atoms with Crippen LogP contribution in [-0.2, 0) is 25.7 Å². The van der Waals surface area contributed by atoms with Gasteiger partial charge in [0.25, 0.3) is 11.8 Å². The summed E-state index contributed by atoms with van der Waals surface area (Å²) in [5.41, 5.74) is 1.38. The third-order valence-electron chi connectivity index (χ3n) is 4.27. The molecule has 1 aliphatic heterocycles. The minimum Gasteiger partial charge on any atom is -0.478 e. The lowest BCUT2D eigenvalue weighted by Crippen LogP contribution is -2.45. The van der Waals surface area contributed by atoms with Gasteiger partial charge in [-0.25, -0.2) is 4.79 Å². The van der Waals surface area contributed by atoms with Crippen LogP contribution in [0.5, 0.6) is 5.75 Å². The number of ether oxygens (including phenoxy) is 2. The van der Waals surface area contributed by atoms with Gasteiger partial charge in [0.2, 0.25) is 0 Å². The summed E-state index contributed by atoms with van der Waals surface area (Å²) >= 11 is 0. The molecule has 0 bridgehead atoms. The standard InChI is InChI=1S/C21H21N3O6/c1-13(19(26)24-21(28)22-12-14-7-3-2-4-8-14)29-18(25)11-17-20(27)23-15-9-5-6-10-16(15)30-17/h2-10,13,17H,11-12H2,1H3,(H,23,27)(H2,22,24,26,28)/t13-,17-/m1/s1. The second-order valence-corrected chi connectivity index (χ2v) is 6.59. The van der Waals surface area contributed by atoms with Crippen molar-refractivity contribution in [3.05, 3.63) is 60.2 Å². The summed E-state index contributed by atoms with van der Waals surface area (Å²) in [4.78, 5) is 48.1. The number of imide groups is 1. The van der Waals surface area contributed by atoms with Gasteiger partial charge >= 0.3 is 12.0 Å². The summed E-state index contributed by atoms with van der Waals surface area (Å²) in [6.45, 7) is 1.57. The van der Waals surface area contributed by atoms with Crippen molar-refractivity contribution in [1.29, 1.82) is 0 Å². The highest BCUT2D eigenvalue weighted by molar-refractivity contribution is 6.00. The normalized spacial score (nSPS) is 15.6. The van der Waals surface area contributed by atoms with E-state index >= 15 is 0 Å². The lowest BCUT2D eigenvalue weighted by atomic mass is 10.1. The van der Waals surface area contributed by atoms with E-state index in [-0.39, 0.29) is 13.0 Å². The number of carbonyl (C=O) groups is 4. The van der Waals surface area contributed by atoms with E-state index < -0.39 is 36.0 Å². The zero-order valence-corrected chi connectivity index (χ0v) is 16.2. The topological polar surface area (TPSA) is 123 Å². The van der Waals surface area contributed by atoms with Gasteiger partial charge in [0.1, 0.15) is 5.75 Å². The predicted molar refractivity (Wildman–Crippen MR) is 106 cm³/mol. The molecular formula is C21H21N3O6. The molecule has 3 rings (SSSR count). The number of fused-ring (bicyclic) bond motifs is 1. The van der Waals surface area contributed by atoms with Crippen LogP contribution in [0.1, 0.15) is 18.9 Å². The molecule has 4 amide bonds. The zero-order chi connectivity index (χ0) is 21.5. The number of urea groups is 1. The van der Waals surface area contributed by atoms with Gasteiger partial charge in [-0.1, -0.05) is 42.5 Å². The van der Waals surface area contributed by atoms with Gasteiger partial charge in [-0.15, -0.1) is 0 Å². The molecule has 156 valence electrons. The van der Waals surface area contributed by atoms with Crippen LogP contribution in [0.15, 0.2) is 54.6 Å². The molecule has 30 heavy (non-hydrogen) atoms. The number of anilines is 1. The van der Waals surface area contributed by atoms with Crippen molar-refractivity contribution >= 4 is 29.5 Å².